The third kappa shape index (κ3) is 3.58. The summed E-state index contributed by atoms with van der Waals surface area (Å²) in [6, 6.07) is 24.5. The molecule has 0 spiro atoms. The van der Waals surface area contributed by atoms with Gasteiger partial charge >= 0.3 is 0 Å². The quantitative estimate of drug-likeness (QED) is 0.500. The van der Waals surface area contributed by atoms with Crippen molar-refractivity contribution >= 4 is 11.3 Å². The molecule has 4 aromatic rings. The number of aromatic nitrogens is 3. The highest BCUT2D eigenvalue weighted by molar-refractivity contribution is 5.81. The number of benzene rings is 2. The Bertz CT molecular complexity index is 1430. The molecule has 0 aliphatic carbocycles. The number of aryl methyl sites for hydroxylation is 1. The van der Waals surface area contributed by atoms with Crippen LogP contribution < -0.4 is 5.32 Å². The summed E-state index contributed by atoms with van der Waals surface area (Å²) in [5.41, 5.74) is 5.50. The van der Waals surface area contributed by atoms with Crippen molar-refractivity contribution in [3.63, 3.8) is 0 Å². The predicted octanol–water partition coefficient (Wildman–Crippen LogP) is 4.61. The summed E-state index contributed by atoms with van der Waals surface area (Å²) in [7, 11) is 0. The van der Waals surface area contributed by atoms with E-state index >= 15 is 0 Å². The molecule has 0 saturated heterocycles. The number of nitrogens with zero attached hydrogens (tertiary/aromatic N) is 6. The SMILES string of the molecule is Cc1nn2c(-c3cccc(NC(C#N)=C(C#N)C#N)c3)ccnc2c1-c1ccccc1. The van der Waals surface area contributed by atoms with Gasteiger partial charge in [0.25, 0.3) is 0 Å². The van der Waals surface area contributed by atoms with E-state index in [1.807, 2.05) is 67.6 Å². The zero-order valence-electron chi connectivity index (χ0n) is 16.5. The van der Waals surface area contributed by atoms with Gasteiger partial charge in [0.15, 0.2) is 11.2 Å². The Morgan fingerprint density at radius 2 is 1.65 bits per heavy atom. The van der Waals surface area contributed by atoms with E-state index < -0.39 is 0 Å². The number of anilines is 1. The van der Waals surface area contributed by atoms with Gasteiger partial charge in [0.05, 0.1) is 11.4 Å². The number of nitrogens with one attached hydrogen (secondary N) is 1. The molecule has 146 valence electrons. The van der Waals surface area contributed by atoms with E-state index in [4.69, 9.17) is 15.6 Å². The van der Waals surface area contributed by atoms with Gasteiger partial charge in [-0.3, -0.25) is 0 Å². The van der Waals surface area contributed by atoms with Gasteiger partial charge in [-0.15, -0.1) is 0 Å². The third-order valence-electron chi connectivity index (χ3n) is 4.77. The van der Waals surface area contributed by atoms with Gasteiger partial charge in [0, 0.05) is 23.0 Å². The minimum absolute atomic E-state index is 0.0941. The molecular weight excluding hydrogens is 386 g/mol. The molecule has 2 aromatic carbocycles. The fourth-order valence-corrected chi connectivity index (χ4v) is 3.40. The molecule has 31 heavy (non-hydrogen) atoms. The Morgan fingerprint density at radius 3 is 2.35 bits per heavy atom. The molecule has 0 saturated carbocycles. The van der Waals surface area contributed by atoms with Crippen LogP contribution in [0.2, 0.25) is 0 Å². The molecule has 1 N–H and O–H groups in total. The van der Waals surface area contributed by atoms with E-state index in [1.54, 1.807) is 28.9 Å². The summed E-state index contributed by atoms with van der Waals surface area (Å²) in [6.07, 6.45) is 1.74. The van der Waals surface area contributed by atoms with Gasteiger partial charge < -0.3 is 5.32 Å². The van der Waals surface area contributed by atoms with Crippen LogP contribution in [-0.2, 0) is 0 Å². The molecule has 0 fully saturated rings. The van der Waals surface area contributed by atoms with Crippen molar-refractivity contribution in [2.24, 2.45) is 0 Å². The first-order valence-corrected chi connectivity index (χ1v) is 9.38. The second kappa shape index (κ2) is 8.21. The Hall–Kier alpha value is -4.93. The molecule has 0 unspecified atom stereocenters. The van der Waals surface area contributed by atoms with Crippen LogP contribution in [0.15, 0.2) is 78.1 Å². The van der Waals surface area contributed by atoms with E-state index in [1.165, 1.54) is 0 Å². The molecule has 7 heteroatoms. The van der Waals surface area contributed by atoms with E-state index in [-0.39, 0.29) is 11.3 Å². The van der Waals surface area contributed by atoms with E-state index in [0.717, 1.165) is 33.7 Å². The first kappa shape index (κ1) is 19.4. The first-order chi connectivity index (χ1) is 15.2. The molecule has 2 heterocycles. The van der Waals surface area contributed by atoms with Crippen molar-refractivity contribution in [3.05, 3.63) is 83.8 Å². The standard InChI is InChI=1S/C24H15N7/c1-16-23(17-6-3-2-4-7-17)24-28-11-10-22(31(24)30-16)18-8-5-9-20(12-18)29-21(15-27)19(13-25)14-26/h2-12,29H,1H3. The average molecular weight is 401 g/mol. The molecule has 7 nitrogen and oxygen atoms in total. The number of hydrogen-bond acceptors (Lipinski definition) is 6. The average Bonchev–Trinajstić information content (AvgIpc) is 3.15. The first-order valence-electron chi connectivity index (χ1n) is 9.38. The molecule has 4 rings (SSSR count). The summed E-state index contributed by atoms with van der Waals surface area (Å²) in [4.78, 5) is 4.56. The summed E-state index contributed by atoms with van der Waals surface area (Å²) in [5.74, 6) is 0. The van der Waals surface area contributed by atoms with Crippen LogP contribution in [0.25, 0.3) is 28.0 Å². The van der Waals surface area contributed by atoms with Gasteiger partial charge in [0.1, 0.15) is 23.9 Å². The zero-order chi connectivity index (χ0) is 21.8. The number of allylic oxidation sites excluding steroid dienone is 2. The largest absolute Gasteiger partial charge is 0.345 e. The summed E-state index contributed by atoms with van der Waals surface area (Å²) in [5, 5.41) is 34.9. The summed E-state index contributed by atoms with van der Waals surface area (Å²) < 4.78 is 1.80. The predicted molar refractivity (Wildman–Crippen MR) is 116 cm³/mol. The number of hydrogen-bond donors (Lipinski definition) is 1. The van der Waals surface area contributed by atoms with Crippen molar-refractivity contribution in [2.45, 2.75) is 6.92 Å². The van der Waals surface area contributed by atoms with Gasteiger partial charge in [-0.25, -0.2) is 9.50 Å². The van der Waals surface area contributed by atoms with Crippen molar-refractivity contribution in [3.8, 4) is 40.6 Å². The van der Waals surface area contributed by atoms with E-state index in [0.29, 0.717) is 5.69 Å². The highest BCUT2D eigenvalue weighted by Gasteiger charge is 2.16. The van der Waals surface area contributed by atoms with Crippen molar-refractivity contribution < 1.29 is 0 Å². The van der Waals surface area contributed by atoms with Gasteiger partial charge in [-0.1, -0.05) is 42.5 Å². The minimum atomic E-state index is -0.269. The van der Waals surface area contributed by atoms with Crippen LogP contribution in [-0.4, -0.2) is 14.6 Å². The van der Waals surface area contributed by atoms with Crippen LogP contribution in [0, 0.1) is 40.9 Å². The lowest BCUT2D eigenvalue weighted by atomic mass is 10.1. The fourth-order valence-electron chi connectivity index (χ4n) is 3.40. The van der Waals surface area contributed by atoms with Crippen LogP contribution >= 0.6 is 0 Å². The maximum absolute atomic E-state index is 9.29. The van der Waals surface area contributed by atoms with Crippen LogP contribution in [0.1, 0.15) is 5.69 Å². The monoisotopic (exact) mass is 401 g/mol. The third-order valence-corrected chi connectivity index (χ3v) is 4.77. The molecule has 0 aliphatic rings. The normalized spacial score (nSPS) is 10.0. The maximum atomic E-state index is 9.29. The second-order valence-electron chi connectivity index (χ2n) is 6.68. The highest BCUT2D eigenvalue weighted by atomic mass is 15.3. The topological polar surface area (TPSA) is 114 Å². The molecule has 0 aliphatic heterocycles. The highest BCUT2D eigenvalue weighted by Crippen LogP contribution is 2.30. The number of nitriles is 3. The van der Waals surface area contributed by atoms with E-state index in [9.17, 15) is 5.26 Å². The lowest BCUT2D eigenvalue weighted by molar-refractivity contribution is 0.925. The molecule has 0 amide bonds. The lowest BCUT2D eigenvalue weighted by Gasteiger charge is -2.09. The summed E-state index contributed by atoms with van der Waals surface area (Å²) in [6.45, 7) is 1.95. The minimum Gasteiger partial charge on any atom is -0.345 e. The Kier molecular flexibility index (Phi) is 5.13. The van der Waals surface area contributed by atoms with Crippen LogP contribution in [0.5, 0.6) is 0 Å². The zero-order valence-corrected chi connectivity index (χ0v) is 16.5. The molecule has 0 atom stereocenters. The van der Waals surface area contributed by atoms with Crippen LogP contribution in [0.4, 0.5) is 5.69 Å². The van der Waals surface area contributed by atoms with Crippen molar-refractivity contribution in [1.82, 2.24) is 14.6 Å². The van der Waals surface area contributed by atoms with Gasteiger partial charge in [0.2, 0.25) is 0 Å². The molecule has 0 bridgehead atoms. The number of fused-ring (bicyclic) bond motifs is 1. The van der Waals surface area contributed by atoms with Crippen molar-refractivity contribution in [1.29, 1.82) is 15.8 Å². The smallest absolute Gasteiger partial charge is 0.163 e. The molecule has 2 aromatic heterocycles. The van der Waals surface area contributed by atoms with Gasteiger partial charge in [-0.05, 0) is 30.7 Å². The van der Waals surface area contributed by atoms with Crippen molar-refractivity contribution in [2.75, 3.05) is 5.32 Å². The Labute approximate surface area is 178 Å². The lowest BCUT2D eigenvalue weighted by Crippen LogP contribution is -2.01. The summed E-state index contributed by atoms with van der Waals surface area (Å²) >= 11 is 0. The van der Waals surface area contributed by atoms with Crippen LogP contribution in [0.3, 0.4) is 0 Å². The Balaban J connectivity index is 1.82. The fraction of sp³-hybridized carbons (Fsp3) is 0.0417. The number of rotatable bonds is 4. The maximum Gasteiger partial charge on any atom is 0.163 e. The molecular formula is C24H15N7. The van der Waals surface area contributed by atoms with E-state index in [2.05, 4.69) is 10.3 Å². The molecule has 0 radical (unpaired) electrons. The second-order valence-corrected chi connectivity index (χ2v) is 6.68. The van der Waals surface area contributed by atoms with Gasteiger partial charge in [-0.2, -0.15) is 20.9 Å². The Morgan fingerprint density at radius 1 is 0.903 bits per heavy atom.